The van der Waals surface area contributed by atoms with Gasteiger partial charge in [0.15, 0.2) is 11.6 Å². The lowest BCUT2D eigenvalue weighted by atomic mass is 9.99. The largest absolute Gasteiger partial charge is 0.490 e. The van der Waals surface area contributed by atoms with Gasteiger partial charge in [-0.2, -0.15) is 0 Å². The van der Waals surface area contributed by atoms with E-state index in [4.69, 9.17) is 15.6 Å². The molecule has 4 nitrogen and oxygen atoms in total. The highest BCUT2D eigenvalue weighted by molar-refractivity contribution is 5.76. The van der Waals surface area contributed by atoms with E-state index in [2.05, 4.69) is 0 Å². The second-order valence-corrected chi connectivity index (χ2v) is 4.57. The molecule has 3 N–H and O–H groups in total. The van der Waals surface area contributed by atoms with E-state index in [1.165, 1.54) is 12.1 Å². The van der Waals surface area contributed by atoms with E-state index >= 15 is 0 Å². The van der Waals surface area contributed by atoms with Crippen LogP contribution in [0.1, 0.15) is 24.3 Å². The summed E-state index contributed by atoms with van der Waals surface area (Å²) in [4.78, 5) is 10.9. The predicted molar refractivity (Wildman–Crippen MR) is 64.1 cm³/mol. The maximum Gasteiger partial charge on any atom is 0.312 e. The molecule has 0 saturated heterocycles. The van der Waals surface area contributed by atoms with Gasteiger partial charge in [-0.15, -0.1) is 0 Å². The van der Waals surface area contributed by atoms with Gasteiger partial charge in [-0.1, -0.05) is 6.07 Å². The molecule has 2 rings (SSSR count). The molecule has 98 valence electrons. The second-order valence-electron chi connectivity index (χ2n) is 4.57. The highest BCUT2D eigenvalue weighted by Crippen LogP contribution is 2.30. The molecule has 1 aliphatic rings. The summed E-state index contributed by atoms with van der Waals surface area (Å²) in [5.74, 6) is -1.75. The Morgan fingerprint density at radius 2 is 2.28 bits per heavy atom. The Kier molecular flexibility index (Phi) is 3.81. The van der Waals surface area contributed by atoms with Gasteiger partial charge >= 0.3 is 5.97 Å². The summed E-state index contributed by atoms with van der Waals surface area (Å²) in [6, 6.07) is 4.21. The van der Waals surface area contributed by atoms with Crippen LogP contribution in [0.25, 0.3) is 0 Å². The van der Waals surface area contributed by atoms with Gasteiger partial charge in [0.2, 0.25) is 0 Å². The fraction of sp³-hybridized carbons (Fsp3) is 0.462. The minimum Gasteiger partial charge on any atom is -0.490 e. The first-order valence-electron chi connectivity index (χ1n) is 5.97. The van der Waals surface area contributed by atoms with E-state index < -0.39 is 17.7 Å². The maximum absolute atomic E-state index is 13.7. The molecule has 0 radical (unpaired) electrons. The predicted octanol–water partition coefficient (Wildman–Crippen LogP) is 1.74. The van der Waals surface area contributed by atoms with Crippen molar-refractivity contribution in [2.24, 2.45) is 11.7 Å². The Hall–Kier alpha value is -1.62. The van der Waals surface area contributed by atoms with Crippen molar-refractivity contribution in [2.45, 2.75) is 18.8 Å². The van der Waals surface area contributed by atoms with Crippen molar-refractivity contribution in [1.82, 2.24) is 0 Å². The smallest absolute Gasteiger partial charge is 0.312 e. The zero-order valence-electron chi connectivity index (χ0n) is 9.93. The summed E-state index contributed by atoms with van der Waals surface area (Å²) in [7, 11) is 0. The topological polar surface area (TPSA) is 72.6 Å². The van der Waals surface area contributed by atoms with Gasteiger partial charge in [0.05, 0.1) is 12.5 Å². The Balaban J connectivity index is 2.09. The number of ether oxygens (including phenoxy) is 1. The highest BCUT2D eigenvalue weighted by Gasteiger charge is 2.23. The molecular formula is C13H16FNO3. The molecule has 0 spiro atoms. The fourth-order valence-electron chi connectivity index (χ4n) is 1.72. The standard InChI is InChI=1S/C13H16FNO3/c14-11-5-9(10(6-15)13(16)17)3-4-12(11)18-7-8-1-2-8/h3-5,8,10H,1-2,6-7,15H2,(H,16,17). The van der Waals surface area contributed by atoms with Crippen LogP contribution in [0.3, 0.4) is 0 Å². The van der Waals surface area contributed by atoms with Gasteiger partial charge in [-0.25, -0.2) is 4.39 Å². The summed E-state index contributed by atoms with van der Waals surface area (Å²) in [6.45, 7) is 0.465. The summed E-state index contributed by atoms with van der Waals surface area (Å²) >= 11 is 0. The minimum atomic E-state index is -1.05. The van der Waals surface area contributed by atoms with Gasteiger partial charge in [0.1, 0.15) is 0 Å². The summed E-state index contributed by atoms with van der Waals surface area (Å²) < 4.78 is 19.1. The quantitative estimate of drug-likeness (QED) is 0.810. The number of hydrogen-bond donors (Lipinski definition) is 2. The minimum absolute atomic E-state index is 0.0585. The van der Waals surface area contributed by atoms with Crippen LogP contribution in [0, 0.1) is 11.7 Å². The molecule has 1 unspecified atom stereocenters. The van der Waals surface area contributed by atoms with Gasteiger partial charge in [-0.3, -0.25) is 4.79 Å². The van der Waals surface area contributed by atoms with E-state index in [0.717, 1.165) is 12.8 Å². The molecular weight excluding hydrogens is 237 g/mol. The average Bonchev–Trinajstić information content (AvgIpc) is 3.12. The highest BCUT2D eigenvalue weighted by atomic mass is 19.1. The lowest BCUT2D eigenvalue weighted by Crippen LogP contribution is -2.21. The second kappa shape index (κ2) is 5.35. The van der Waals surface area contributed by atoms with Crippen LogP contribution in [0.15, 0.2) is 18.2 Å². The lowest BCUT2D eigenvalue weighted by molar-refractivity contribution is -0.138. The number of carbonyl (C=O) groups is 1. The number of aliphatic carboxylic acids is 1. The maximum atomic E-state index is 13.7. The summed E-state index contributed by atoms with van der Waals surface area (Å²) in [5.41, 5.74) is 5.73. The molecule has 1 aromatic rings. The van der Waals surface area contributed by atoms with Crippen LogP contribution in [-0.4, -0.2) is 24.2 Å². The Morgan fingerprint density at radius 3 is 2.78 bits per heavy atom. The van der Waals surface area contributed by atoms with Crippen molar-refractivity contribution in [3.63, 3.8) is 0 Å². The van der Waals surface area contributed by atoms with Crippen molar-refractivity contribution < 1.29 is 19.0 Å². The fourth-order valence-corrected chi connectivity index (χ4v) is 1.72. The number of halogens is 1. The van der Waals surface area contributed by atoms with Crippen molar-refractivity contribution >= 4 is 5.97 Å². The first-order chi connectivity index (χ1) is 8.61. The monoisotopic (exact) mass is 253 g/mol. The molecule has 1 aliphatic carbocycles. The molecule has 0 aromatic heterocycles. The molecule has 0 amide bonds. The van der Waals surface area contributed by atoms with Gasteiger partial charge in [-0.05, 0) is 36.5 Å². The number of rotatable bonds is 6. The molecule has 0 bridgehead atoms. The van der Waals surface area contributed by atoms with Gasteiger partial charge in [0.25, 0.3) is 0 Å². The van der Waals surface area contributed by atoms with E-state index in [0.29, 0.717) is 18.1 Å². The third-order valence-electron chi connectivity index (χ3n) is 3.06. The van der Waals surface area contributed by atoms with Gasteiger partial charge < -0.3 is 15.6 Å². The van der Waals surface area contributed by atoms with Crippen molar-refractivity contribution in [1.29, 1.82) is 0 Å². The van der Waals surface area contributed by atoms with Crippen molar-refractivity contribution in [3.8, 4) is 5.75 Å². The van der Waals surface area contributed by atoms with Crippen LogP contribution in [0.4, 0.5) is 4.39 Å². The van der Waals surface area contributed by atoms with Crippen LogP contribution in [0.5, 0.6) is 5.75 Å². The Bertz CT molecular complexity index is 446. The van der Waals surface area contributed by atoms with Crippen LogP contribution < -0.4 is 10.5 Å². The van der Waals surface area contributed by atoms with Crippen molar-refractivity contribution in [3.05, 3.63) is 29.6 Å². The lowest BCUT2D eigenvalue weighted by Gasteiger charge is -2.12. The Morgan fingerprint density at radius 1 is 1.56 bits per heavy atom. The van der Waals surface area contributed by atoms with Gasteiger partial charge in [0, 0.05) is 6.54 Å². The number of nitrogens with two attached hydrogens (primary N) is 1. The molecule has 1 fully saturated rings. The SMILES string of the molecule is NCC(C(=O)O)c1ccc(OCC2CC2)c(F)c1. The molecule has 5 heteroatoms. The third-order valence-corrected chi connectivity index (χ3v) is 3.06. The molecule has 1 aromatic carbocycles. The van der Waals surface area contributed by atoms with E-state index in [1.807, 2.05) is 0 Å². The number of carboxylic acids is 1. The zero-order chi connectivity index (χ0) is 13.1. The molecule has 1 saturated carbocycles. The first kappa shape index (κ1) is 12.8. The van der Waals surface area contributed by atoms with Crippen LogP contribution in [-0.2, 0) is 4.79 Å². The molecule has 0 aliphatic heterocycles. The number of hydrogen-bond acceptors (Lipinski definition) is 3. The summed E-state index contributed by atoms with van der Waals surface area (Å²) in [6.07, 6.45) is 2.27. The first-order valence-corrected chi connectivity index (χ1v) is 5.97. The molecule has 1 atom stereocenters. The zero-order valence-corrected chi connectivity index (χ0v) is 9.93. The van der Waals surface area contributed by atoms with E-state index in [-0.39, 0.29) is 12.3 Å². The third kappa shape index (κ3) is 2.98. The Labute approximate surface area is 105 Å². The molecule has 18 heavy (non-hydrogen) atoms. The molecule has 0 heterocycles. The number of benzene rings is 1. The van der Waals surface area contributed by atoms with Crippen LogP contribution >= 0.6 is 0 Å². The average molecular weight is 253 g/mol. The van der Waals surface area contributed by atoms with Crippen LogP contribution in [0.2, 0.25) is 0 Å². The summed E-state index contributed by atoms with van der Waals surface area (Å²) in [5, 5.41) is 8.94. The van der Waals surface area contributed by atoms with E-state index in [1.54, 1.807) is 6.07 Å². The number of carboxylic acid groups (broad SMARTS) is 1. The normalized spacial score (nSPS) is 16.3. The van der Waals surface area contributed by atoms with Crippen molar-refractivity contribution in [2.75, 3.05) is 13.2 Å². The van der Waals surface area contributed by atoms with E-state index in [9.17, 15) is 9.18 Å².